The summed E-state index contributed by atoms with van der Waals surface area (Å²) < 4.78 is 38.6. The van der Waals surface area contributed by atoms with Crippen LogP contribution in [0.25, 0.3) is 11.1 Å². The van der Waals surface area contributed by atoms with E-state index in [0.717, 1.165) is 50.1 Å². The van der Waals surface area contributed by atoms with E-state index in [-0.39, 0.29) is 11.4 Å². The molecule has 0 aromatic heterocycles. The molecule has 1 aliphatic carbocycles. The van der Waals surface area contributed by atoms with Crippen LogP contribution >= 0.6 is 0 Å². The minimum atomic E-state index is -4.03. The maximum absolute atomic E-state index is 15.0. The van der Waals surface area contributed by atoms with Gasteiger partial charge in [0.15, 0.2) is 5.60 Å². The molecule has 6 heteroatoms. The number of rotatable bonds is 9. The van der Waals surface area contributed by atoms with Crippen molar-refractivity contribution in [2.24, 2.45) is 0 Å². The Bertz CT molecular complexity index is 2390. The van der Waals surface area contributed by atoms with Gasteiger partial charge in [-0.25, -0.2) is 13.2 Å². The van der Waals surface area contributed by atoms with Gasteiger partial charge in [-0.1, -0.05) is 157 Å². The summed E-state index contributed by atoms with van der Waals surface area (Å²) in [5.41, 5.74) is 6.80. The number of fused-ring (bicyclic) bond motifs is 1. The van der Waals surface area contributed by atoms with Crippen molar-refractivity contribution in [3.05, 3.63) is 220 Å². The van der Waals surface area contributed by atoms with Crippen LogP contribution in [0.15, 0.2) is 192 Å². The van der Waals surface area contributed by atoms with Crippen LogP contribution in [0, 0.1) is 6.92 Å². The first-order chi connectivity index (χ1) is 25.4. The average Bonchev–Trinajstić information content (AvgIpc) is 3.19. The Morgan fingerprint density at radius 2 is 1.17 bits per heavy atom. The quantitative estimate of drug-likeness (QED) is 0.141. The zero-order valence-electron chi connectivity index (χ0n) is 28.7. The summed E-state index contributed by atoms with van der Waals surface area (Å²) >= 11 is 0. The Labute approximate surface area is 305 Å². The van der Waals surface area contributed by atoms with Crippen LogP contribution in [0.5, 0.6) is 0 Å². The fourth-order valence-electron chi connectivity index (χ4n) is 7.67. The third-order valence-corrected chi connectivity index (χ3v) is 11.9. The molecule has 6 aromatic rings. The number of hydrogen-bond donors (Lipinski definition) is 0. The molecular formula is C46H37NO4S. The van der Waals surface area contributed by atoms with Gasteiger partial charge >= 0.3 is 5.97 Å². The number of benzene rings is 6. The summed E-state index contributed by atoms with van der Waals surface area (Å²) in [6.07, 6.45) is 0.408. The van der Waals surface area contributed by atoms with Gasteiger partial charge in [-0.3, -0.25) is 0 Å². The molecule has 8 rings (SSSR count). The summed E-state index contributed by atoms with van der Waals surface area (Å²) in [6, 6.07) is 55.1. The lowest BCUT2D eigenvalue weighted by atomic mass is 9.58. The molecule has 0 fully saturated rings. The Kier molecular flexibility index (Phi) is 8.79. The first-order valence-corrected chi connectivity index (χ1v) is 18.9. The van der Waals surface area contributed by atoms with Crippen LogP contribution in [0.3, 0.4) is 0 Å². The number of aryl methyl sites for hydroxylation is 1. The van der Waals surface area contributed by atoms with Gasteiger partial charge in [0.2, 0.25) is 10.0 Å². The van der Waals surface area contributed by atoms with E-state index in [4.69, 9.17) is 4.74 Å². The van der Waals surface area contributed by atoms with E-state index in [0.29, 0.717) is 12.0 Å². The van der Waals surface area contributed by atoms with E-state index in [1.165, 1.54) is 0 Å². The molecule has 5 nitrogen and oxygen atoms in total. The second kappa shape index (κ2) is 13.7. The molecule has 6 aromatic carbocycles. The van der Waals surface area contributed by atoms with E-state index in [2.05, 4.69) is 0 Å². The Morgan fingerprint density at radius 1 is 0.654 bits per heavy atom. The Balaban J connectivity index is 1.47. The largest absolute Gasteiger partial charge is 0.441 e. The maximum Gasteiger partial charge on any atom is 0.339 e. The molecule has 0 unspecified atom stereocenters. The molecule has 1 heterocycles. The van der Waals surface area contributed by atoms with Crippen molar-refractivity contribution in [3.8, 4) is 0 Å². The molecule has 0 spiro atoms. The second-order valence-electron chi connectivity index (χ2n) is 13.2. The maximum atomic E-state index is 15.0. The van der Waals surface area contributed by atoms with Crippen LogP contribution < -0.4 is 0 Å². The highest BCUT2D eigenvalue weighted by atomic mass is 32.2. The van der Waals surface area contributed by atoms with Crippen molar-refractivity contribution in [1.29, 1.82) is 0 Å². The van der Waals surface area contributed by atoms with E-state index >= 15 is 0 Å². The highest BCUT2D eigenvalue weighted by Crippen LogP contribution is 2.63. The SMILES string of the molecule is Cc1ccc(S(=O)(=O)N2CC3=C(c4ccccc4)[C@@](OC(=O)c4ccccc4)(c4ccccc4)C3=C(c3ccccc3)[C@@H]2Cc2ccccc2)cc1. The lowest BCUT2D eigenvalue weighted by Gasteiger charge is -2.54. The molecule has 0 bridgehead atoms. The molecule has 0 N–H and O–H groups in total. The first kappa shape index (κ1) is 33.3. The highest BCUT2D eigenvalue weighted by molar-refractivity contribution is 7.89. The Morgan fingerprint density at radius 3 is 1.77 bits per heavy atom. The van der Waals surface area contributed by atoms with Gasteiger partial charge in [-0.2, -0.15) is 4.31 Å². The van der Waals surface area contributed by atoms with E-state index in [1.807, 2.05) is 159 Å². The molecule has 0 radical (unpaired) electrons. The number of esters is 1. The normalized spacial score (nSPS) is 18.8. The lowest BCUT2D eigenvalue weighted by Crippen LogP contribution is -2.55. The topological polar surface area (TPSA) is 63.7 Å². The molecule has 1 aliphatic heterocycles. The Hall–Kier alpha value is -5.82. The summed E-state index contributed by atoms with van der Waals surface area (Å²) in [6.45, 7) is 2.05. The predicted octanol–water partition coefficient (Wildman–Crippen LogP) is 9.28. The number of hydrogen-bond acceptors (Lipinski definition) is 4. The van der Waals surface area contributed by atoms with Crippen LogP contribution in [0.2, 0.25) is 0 Å². The third kappa shape index (κ3) is 5.80. The van der Waals surface area contributed by atoms with Crippen LogP contribution in [0.4, 0.5) is 0 Å². The molecule has 0 saturated carbocycles. The number of nitrogens with zero attached hydrogens (tertiary/aromatic N) is 1. The number of sulfonamides is 1. The van der Waals surface area contributed by atoms with Gasteiger partial charge in [0.25, 0.3) is 0 Å². The summed E-state index contributed by atoms with van der Waals surface area (Å²) in [4.78, 5) is 14.6. The minimum Gasteiger partial charge on any atom is -0.441 e. The van der Waals surface area contributed by atoms with Gasteiger partial charge in [0, 0.05) is 23.3 Å². The molecule has 0 saturated heterocycles. The smallest absolute Gasteiger partial charge is 0.339 e. The van der Waals surface area contributed by atoms with E-state index < -0.39 is 27.6 Å². The van der Waals surface area contributed by atoms with E-state index in [9.17, 15) is 13.2 Å². The molecule has 2 atom stereocenters. The van der Waals surface area contributed by atoms with Crippen molar-refractivity contribution >= 4 is 27.1 Å². The summed E-state index contributed by atoms with van der Waals surface area (Å²) in [7, 11) is -4.03. The van der Waals surface area contributed by atoms with Gasteiger partial charge < -0.3 is 4.74 Å². The molecule has 256 valence electrons. The third-order valence-electron chi connectivity index (χ3n) is 10.1. The standard InChI is InChI=1S/C46H37NO4S/c1-33-27-29-39(30-28-33)52(49,50)47-32-40-43(36-21-11-4-12-22-36)46(38-25-15-6-16-26-38,51-45(48)37-23-13-5-14-24-37)44(40)42(35-19-9-3-10-20-35)41(47)31-34-17-7-2-8-18-34/h2-30,41H,31-32H2,1H3/t41-,46-/m0/s1. The van der Waals surface area contributed by atoms with Crippen LogP contribution in [-0.4, -0.2) is 31.3 Å². The molecular weight excluding hydrogens is 663 g/mol. The monoisotopic (exact) mass is 699 g/mol. The first-order valence-electron chi connectivity index (χ1n) is 17.4. The number of carbonyl (C=O) groups is 1. The second-order valence-corrected chi connectivity index (χ2v) is 15.1. The molecule has 0 amide bonds. The molecule has 52 heavy (non-hydrogen) atoms. The van der Waals surface area contributed by atoms with Gasteiger partial charge in [-0.15, -0.1) is 0 Å². The fourth-order valence-corrected chi connectivity index (χ4v) is 9.24. The van der Waals surface area contributed by atoms with Crippen molar-refractivity contribution in [1.82, 2.24) is 4.31 Å². The van der Waals surface area contributed by atoms with Crippen LogP contribution in [0.1, 0.15) is 38.2 Å². The van der Waals surface area contributed by atoms with Crippen molar-refractivity contribution in [2.45, 2.75) is 29.9 Å². The predicted molar refractivity (Wildman–Crippen MR) is 206 cm³/mol. The van der Waals surface area contributed by atoms with Gasteiger partial charge in [0.1, 0.15) is 0 Å². The van der Waals surface area contributed by atoms with Gasteiger partial charge in [-0.05, 0) is 65.4 Å². The number of carbonyl (C=O) groups excluding carboxylic acids is 1. The summed E-state index contributed by atoms with van der Waals surface area (Å²) in [5, 5.41) is 0. The lowest BCUT2D eigenvalue weighted by molar-refractivity contribution is 0.0147. The van der Waals surface area contributed by atoms with Gasteiger partial charge in [0.05, 0.1) is 16.5 Å². The highest BCUT2D eigenvalue weighted by Gasteiger charge is 2.60. The zero-order valence-corrected chi connectivity index (χ0v) is 29.5. The molecule has 2 aliphatic rings. The number of ether oxygens (including phenoxy) is 1. The van der Waals surface area contributed by atoms with Crippen molar-refractivity contribution < 1.29 is 17.9 Å². The van der Waals surface area contributed by atoms with E-state index in [1.54, 1.807) is 28.6 Å². The van der Waals surface area contributed by atoms with Crippen LogP contribution in [-0.2, 0) is 26.8 Å². The average molecular weight is 700 g/mol. The van der Waals surface area contributed by atoms with Crippen molar-refractivity contribution in [3.63, 3.8) is 0 Å². The fraction of sp³-hybridized carbons (Fsp3) is 0.109. The summed E-state index contributed by atoms with van der Waals surface area (Å²) in [5.74, 6) is -0.467. The van der Waals surface area contributed by atoms with Crippen molar-refractivity contribution in [2.75, 3.05) is 6.54 Å². The zero-order chi connectivity index (χ0) is 35.7. The minimum absolute atomic E-state index is 0.0983.